The molecule has 0 saturated heterocycles. The van der Waals surface area contributed by atoms with Crippen LogP contribution in [0.3, 0.4) is 0 Å². The van der Waals surface area contributed by atoms with Crippen LogP contribution < -0.4 is 10.5 Å². The van der Waals surface area contributed by atoms with E-state index in [1.165, 1.54) is 24.5 Å². The van der Waals surface area contributed by atoms with Crippen molar-refractivity contribution in [3.05, 3.63) is 114 Å². The number of aliphatic imine (C=N–C) groups is 1. The van der Waals surface area contributed by atoms with Gasteiger partial charge in [-0.2, -0.15) is 8.78 Å². The first-order valence-corrected chi connectivity index (χ1v) is 11.2. The smallest absolute Gasteiger partial charge is 0.220 e. The zero-order valence-corrected chi connectivity index (χ0v) is 18.9. The Morgan fingerprint density at radius 3 is 2.51 bits per heavy atom. The lowest BCUT2D eigenvalue weighted by Gasteiger charge is -2.34. The predicted molar refractivity (Wildman–Crippen MR) is 128 cm³/mol. The second kappa shape index (κ2) is 7.50. The molecule has 2 aromatic carbocycles. The van der Waals surface area contributed by atoms with Crippen molar-refractivity contribution in [1.82, 2.24) is 19.5 Å². The molecule has 2 aliphatic heterocycles. The molecular weight excluding hydrogens is 481 g/mol. The third kappa shape index (κ3) is 2.95. The number of hydrogen-bond acceptors (Lipinski definition) is 6. The molecule has 1 atom stereocenters. The van der Waals surface area contributed by atoms with Crippen LogP contribution in [0.2, 0.25) is 0 Å². The van der Waals surface area contributed by atoms with Crippen LogP contribution in [0.4, 0.5) is 13.2 Å². The van der Waals surface area contributed by atoms with Gasteiger partial charge in [0.05, 0.1) is 0 Å². The monoisotopic (exact) mass is 496 g/mol. The summed E-state index contributed by atoms with van der Waals surface area (Å²) in [4.78, 5) is 16.6. The summed E-state index contributed by atoms with van der Waals surface area (Å²) in [6.07, 6.45) is 5.89. The first-order chi connectivity index (χ1) is 18.0. The van der Waals surface area contributed by atoms with Crippen LogP contribution in [0.15, 0.2) is 84.4 Å². The largest absolute Gasteiger partial charge is 0.453 e. The van der Waals surface area contributed by atoms with Gasteiger partial charge >= 0.3 is 0 Å². The molecule has 0 fully saturated rings. The van der Waals surface area contributed by atoms with E-state index in [1.54, 1.807) is 59.4 Å². The zero-order valence-electron chi connectivity index (χ0n) is 18.9. The van der Waals surface area contributed by atoms with E-state index in [2.05, 4.69) is 15.0 Å². The zero-order chi connectivity index (χ0) is 25.3. The molecule has 5 heterocycles. The number of halogens is 3. The van der Waals surface area contributed by atoms with Gasteiger partial charge in [-0.1, -0.05) is 6.07 Å². The second-order valence-electron chi connectivity index (χ2n) is 8.66. The summed E-state index contributed by atoms with van der Waals surface area (Å²) < 4.78 is 51.8. The van der Waals surface area contributed by atoms with E-state index in [0.717, 1.165) is 0 Å². The average molecular weight is 496 g/mol. The van der Waals surface area contributed by atoms with Crippen molar-refractivity contribution in [2.45, 2.75) is 5.54 Å². The SMILES string of the molecule is NC1=N[C@@]2(c3cc(-c4cccnc4F)ccc3Oc3c(F)cc(-c4ccnc(F)c4)cc32)c2nccn21. The number of nitrogens with two attached hydrogens (primary N) is 1. The van der Waals surface area contributed by atoms with Crippen LogP contribution in [-0.2, 0) is 5.54 Å². The number of ether oxygens (including phenoxy) is 1. The van der Waals surface area contributed by atoms with E-state index in [-0.39, 0.29) is 17.3 Å². The number of pyridine rings is 2. The van der Waals surface area contributed by atoms with Crippen LogP contribution >= 0.6 is 0 Å². The maximum Gasteiger partial charge on any atom is 0.220 e. The molecule has 37 heavy (non-hydrogen) atoms. The molecule has 0 aliphatic carbocycles. The number of hydrogen-bond donors (Lipinski definition) is 1. The van der Waals surface area contributed by atoms with E-state index in [1.807, 2.05) is 0 Å². The Kier molecular flexibility index (Phi) is 4.32. The minimum Gasteiger partial charge on any atom is -0.453 e. The van der Waals surface area contributed by atoms with Gasteiger partial charge in [0.15, 0.2) is 22.9 Å². The molecule has 1 spiro atoms. The lowest BCUT2D eigenvalue weighted by Crippen LogP contribution is -2.31. The molecule has 10 heteroatoms. The van der Waals surface area contributed by atoms with Crippen LogP contribution in [0.25, 0.3) is 22.3 Å². The first-order valence-electron chi connectivity index (χ1n) is 11.2. The number of fused-ring (bicyclic) bond motifs is 6. The maximum atomic E-state index is 15.6. The van der Waals surface area contributed by atoms with Crippen molar-refractivity contribution in [3.8, 4) is 33.8 Å². The predicted octanol–water partition coefficient (Wildman–Crippen LogP) is 5.00. The number of aromatic nitrogens is 4. The number of benzene rings is 2. The topological polar surface area (TPSA) is 91.2 Å². The van der Waals surface area contributed by atoms with Gasteiger partial charge in [0.2, 0.25) is 17.9 Å². The van der Waals surface area contributed by atoms with Crippen molar-refractivity contribution < 1.29 is 17.9 Å². The standard InChI is InChI=1S/C27H15F3N6O/c28-20-12-16(14-5-7-32-22(29)13-14)11-19-23(20)37-21-4-3-15(17-2-1-6-33-24(17)30)10-18(21)27(19)25-34-8-9-36(25)26(31)35-27/h1-13H,(H2,31,35)/t27-/m1/s1. The Morgan fingerprint density at radius 2 is 1.68 bits per heavy atom. The van der Waals surface area contributed by atoms with Crippen molar-refractivity contribution in [2.24, 2.45) is 10.7 Å². The second-order valence-corrected chi connectivity index (χ2v) is 8.66. The summed E-state index contributed by atoms with van der Waals surface area (Å²) in [6.45, 7) is 0. The molecule has 7 rings (SSSR count). The third-order valence-electron chi connectivity index (χ3n) is 6.64. The molecule has 0 saturated carbocycles. The molecular formula is C27H15F3N6O. The lowest BCUT2D eigenvalue weighted by atomic mass is 9.78. The fourth-order valence-corrected chi connectivity index (χ4v) is 5.03. The van der Waals surface area contributed by atoms with Crippen molar-refractivity contribution in [1.29, 1.82) is 0 Å². The van der Waals surface area contributed by atoms with E-state index in [9.17, 15) is 8.78 Å². The van der Waals surface area contributed by atoms with Crippen LogP contribution in [0.5, 0.6) is 11.5 Å². The molecule has 2 N–H and O–H groups in total. The fraction of sp³-hybridized carbons (Fsp3) is 0.0370. The molecule has 180 valence electrons. The molecule has 0 unspecified atom stereocenters. The average Bonchev–Trinajstić information content (AvgIpc) is 3.49. The summed E-state index contributed by atoms with van der Waals surface area (Å²) in [5.74, 6) is -1.20. The Bertz CT molecular complexity index is 1780. The molecule has 5 aromatic rings. The number of nitrogens with zero attached hydrogens (tertiary/aromatic N) is 5. The summed E-state index contributed by atoms with van der Waals surface area (Å²) in [5, 5.41) is 0. The normalized spacial score (nSPS) is 17.1. The highest BCUT2D eigenvalue weighted by Gasteiger charge is 2.51. The minimum atomic E-state index is -1.41. The number of imidazole rings is 1. The molecule has 0 radical (unpaired) electrons. The van der Waals surface area contributed by atoms with Gasteiger partial charge in [-0.3, -0.25) is 4.57 Å². The van der Waals surface area contributed by atoms with Crippen LogP contribution in [0, 0.1) is 17.7 Å². The quantitative estimate of drug-likeness (QED) is 0.348. The third-order valence-corrected chi connectivity index (χ3v) is 6.64. The Morgan fingerprint density at radius 1 is 0.811 bits per heavy atom. The van der Waals surface area contributed by atoms with Gasteiger partial charge in [-0.05, 0) is 59.2 Å². The van der Waals surface area contributed by atoms with Crippen molar-refractivity contribution >= 4 is 5.96 Å². The fourth-order valence-electron chi connectivity index (χ4n) is 5.03. The number of rotatable bonds is 2. The van der Waals surface area contributed by atoms with Crippen molar-refractivity contribution in [3.63, 3.8) is 0 Å². The minimum absolute atomic E-state index is 0.0564. The highest BCUT2D eigenvalue weighted by molar-refractivity contribution is 5.88. The van der Waals surface area contributed by atoms with Crippen molar-refractivity contribution in [2.75, 3.05) is 0 Å². The summed E-state index contributed by atoms with van der Waals surface area (Å²) >= 11 is 0. The van der Waals surface area contributed by atoms with E-state index in [4.69, 9.17) is 15.5 Å². The molecule has 2 aliphatic rings. The summed E-state index contributed by atoms with van der Waals surface area (Å²) in [7, 11) is 0. The summed E-state index contributed by atoms with van der Waals surface area (Å²) in [6, 6.07) is 14.0. The van der Waals surface area contributed by atoms with Gasteiger partial charge in [-0.15, -0.1) is 0 Å². The van der Waals surface area contributed by atoms with Gasteiger partial charge < -0.3 is 10.5 Å². The Balaban J connectivity index is 1.54. The summed E-state index contributed by atoms with van der Waals surface area (Å²) in [5.41, 5.74) is 7.30. The van der Waals surface area contributed by atoms with E-state index >= 15 is 4.39 Å². The van der Waals surface area contributed by atoms with E-state index < -0.39 is 23.3 Å². The Hall–Kier alpha value is -4.99. The lowest BCUT2D eigenvalue weighted by molar-refractivity contribution is 0.392. The van der Waals surface area contributed by atoms with Gasteiger partial charge in [0, 0.05) is 47.5 Å². The van der Waals surface area contributed by atoms with Crippen LogP contribution in [0.1, 0.15) is 17.0 Å². The Labute approximate surface area is 207 Å². The maximum absolute atomic E-state index is 15.6. The molecule has 0 amide bonds. The highest BCUT2D eigenvalue weighted by atomic mass is 19.1. The van der Waals surface area contributed by atoms with Gasteiger partial charge in [0.1, 0.15) is 5.75 Å². The molecule has 7 nitrogen and oxygen atoms in total. The van der Waals surface area contributed by atoms with Crippen LogP contribution in [-0.4, -0.2) is 25.5 Å². The first kappa shape index (κ1) is 21.3. The van der Waals surface area contributed by atoms with E-state index in [0.29, 0.717) is 39.4 Å². The molecule has 0 bridgehead atoms. The van der Waals surface area contributed by atoms with Gasteiger partial charge in [0.25, 0.3) is 0 Å². The molecule has 3 aromatic heterocycles. The van der Waals surface area contributed by atoms with Gasteiger partial charge in [-0.25, -0.2) is 24.3 Å². The highest BCUT2D eigenvalue weighted by Crippen LogP contribution is 2.55.